The Balaban J connectivity index is 1.46. The molecule has 2 aromatic rings. The van der Waals surface area contributed by atoms with Crippen LogP contribution in [-0.4, -0.2) is 120 Å². The van der Waals surface area contributed by atoms with Crippen LogP contribution >= 0.6 is 0 Å². The quantitative estimate of drug-likeness (QED) is 0.435. The molecule has 1 aliphatic heterocycles. The molecule has 0 saturated carbocycles. The van der Waals surface area contributed by atoms with E-state index in [9.17, 15) is 0 Å². The third kappa shape index (κ3) is 12.9. The Bertz CT molecular complexity index is 938. The first-order valence-corrected chi connectivity index (χ1v) is 14.5. The van der Waals surface area contributed by atoms with Gasteiger partial charge in [0.1, 0.15) is 24.7 Å². The largest absolute Gasteiger partial charge is 0.489 e. The smallest absolute Gasteiger partial charge is 0.144 e. The van der Waals surface area contributed by atoms with E-state index in [0.717, 1.165) is 11.4 Å². The van der Waals surface area contributed by atoms with Crippen LogP contribution in [0.5, 0.6) is 11.5 Å². The summed E-state index contributed by atoms with van der Waals surface area (Å²) in [5, 5.41) is 0. The van der Waals surface area contributed by atoms with E-state index in [1.165, 1.54) is 0 Å². The number of ether oxygens (including phenoxy) is 8. The Morgan fingerprint density at radius 3 is 1.12 bits per heavy atom. The van der Waals surface area contributed by atoms with Gasteiger partial charge in [0, 0.05) is 50.7 Å². The summed E-state index contributed by atoms with van der Waals surface area (Å²) in [6.45, 7) is 8.05. The lowest BCUT2D eigenvalue weighted by Crippen LogP contribution is -2.25. The molecule has 0 fully saturated rings. The number of anilines is 4. The van der Waals surface area contributed by atoms with Gasteiger partial charge in [-0.05, 0) is 24.3 Å². The molecule has 12 heteroatoms. The summed E-state index contributed by atoms with van der Waals surface area (Å²) in [7, 11) is 3.99. The first-order valence-electron chi connectivity index (χ1n) is 14.5. The van der Waals surface area contributed by atoms with Gasteiger partial charge in [0.05, 0.1) is 90.7 Å². The van der Waals surface area contributed by atoms with Crippen LogP contribution in [0.2, 0.25) is 0 Å². The Morgan fingerprint density at radius 2 is 0.762 bits per heavy atom. The van der Waals surface area contributed by atoms with Crippen molar-refractivity contribution in [1.82, 2.24) is 0 Å². The topological polar surface area (TPSA) is 132 Å². The lowest BCUT2D eigenvalue weighted by atomic mass is 10.2. The normalized spacial score (nSPS) is 19.0. The molecule has 0 unspecified atom stereocenters. The highest BCUT2D eigenvalue weighted by molar-refractivity contribution is 5.64. The van der Waals surface area contributed by atoms with E-state index in [0.29, 0.717) is 128 Å². The average Bonchev–Trinajstić information content (AvgIpc) is 2.97. The zero-order valence-electron chi connectivity index (χ0n) is 25.1. The van der Waals surface area contributed by atoms with Crippen molar-refractivity contribution in [3.8, 4) is 11.5 Å². The van der Waals surface area contributed by atoms with Gasteiger partial charge in [-0.1, -0.05) is 0 Å². The van der Waals surface area contributed by atoms with E-state index in [2.05, 4.69) is 9.80 Å². The van der Waals surface area contributed by atoms with Gasteiger partial charge >= 0.3 is 0 Å². The number of rotatable bonds is 0. The number of likely N-dealkylation sites (N-methyl/N-ethyl adjacent to an activating group) is 2. The van der Waals surface area contributed by atoms with E-state index >= 15 is 0 Å². The van der Waals surface area contributed by atoms with Gasteiger partial charge in [0.25, 0.3) is 0 Å². The minimum atomic E-state index is 0.398. The maximum Gasteiger partial charge on any atom is 0.144 e. The summed E-state index contributed by atoms with van der Waals surface area (Å²) in [6, 6.07) is 11.3. The molecular formula is C30H48N4O8. The number of benzene rings is 2. The lowest BCUT2D eigenvalue weighted by molar-refractivity contribution is 0.00501. The Morgan fingerprint density at radius 1 is 0.452 bits per heavy atom. The first-order chi connectivity index (χ1) is 20.5. The molecule has 0 atom stereocenters. The summed E-state index contributed by atoms with van der Waals surface area (Å²) in [6.07, 6.45) is 0. The zero-order valence-corrected chi connectivity index (χ0v) is 25.1. The molecule has 2 aromatic carbocycles. The minimum absolute atomic E-state index is 0.398. The van der Waals surface area contributed by atoms with Crippen LogP contribution in [0.15, 0.2) is 36.4 Å². The molecule has 1 heterocycles. The standard InChI is InChI=1S/C30H48N4O8/c1-33-7-9-35-11-13-37-14-12-36-10-8-34(2)28-6-4-26(32)24-30(28)42-22-20-40-18-16-38-15-17-39-19-21-41-29-23-25(31)3-5-27(29)33/h3-6,23-24H,7-22,31-32H2,1-2H3. The predicted octanol–water partition coefficient (Wildman–Crippen LogP) is 2.29. The number of fused-ring (bicyclic) bond motifs is 2. The zero-order chi connectivity index (χ0) is 29.8. The van der Waals surface area contributed by atoms with Gasteiger partial charge in [0.2, 0.25) is 0 Å². The van der Waals surface area contributed by atoms with Crippen LogP contribution in [0.25, 0.3) is 0 Å². The molecule has 0 bridgehead atoms. The molecule has 0 amide bonds. The Kier molecular flexibility index (Phi) is 16.0. The third-order valence-electron chi connectivity index (χ3n) is 6.39. The lowest BCUT2D eigenvalue weighted by Gasteiger charge is -2.23. The first kappa shape index (κ1) is 33.5. The number of hydrogen-bond acceptors (Lipinski definition) is 12. The van der Waals surface area contributed by atoms with Crippen molar-refractivity contribution in [2.75, 3.05) is 141 Å². The fourth-order valence-electron chi connectivity index (χ4n) is 4.07. The van der Waals surface area contributed by atoms with Gasteiger partial charge in [-0.15, -0.1) is 0 Å². The van der Waals surface area contributed by atoms with Gasteiger partial charge in [0.15, 0.2) is 0 Å². The van der Waals surface area contributed by atoms with Crippen molar-refractivity contribution >= 4 is 22.7 Å². The maximum atomic E-state index is 5.99. The van der Waals surface area contributed by atoms with Gasteiger partial charge in [-0.3, -0.25) is 0 Å². The van der Waals surface area contributed by atoms with E-state index < -0.39 is 0 Å². The van der Waals surface area contributed by atoms with Crippen molar-refractivity contribution in [1.29, 1.82) is 0 Å². The molecule has 12 nitrogen and oxygen atoms in total. The fourth-order valence-corrected chi connectivity index (χ4v) is 4.07. The molecule has 0 aliphatic carbocycles. The third-order valence-corrected chi connectivity index (χ3v) is 6.39. The molecule has 0 aromatic heterocycles. The van der Waals surface area contributed by atoms with Crippen LogP contribution in [0, 0.1) is 0 Å². The van der Waals surface area contributed by atoms with Crippen molar-refractivity contribution < 1.29 is 37.9 Å². The molecule has 0 radical (unpaired) electrons. The second-order valence-corrected chi connectivity index (χ2v) is 9.67. The summed E-state index contributed by atoms with van der Waals surface area (Å²) in [5.74, 6) is 1.42. The molecule has 42 heavy (non-hydrogen) atoms. The van der Waals surface area contributed by atoms with Crippen LogP contribution in [-0.2, 0) is 28.4 Å². The SMILES string of the molecule is CN1CCOCCOCCOCCN(C)c2ccc(N)cc2OCCOCCOCCOCCOc2cc(N)ccc21. The number of nitrogen functional groups attached to an aromatic ring is 2. The summed E-state index contributed by atoms with van der Waals surface area (Å²) in [4.78, 5) is 4.16. The second-order valence-electron chi connectivity index (χ2n) is 9.67. The fraction of sp³-hybridized carbons (Fsp3) is 0.600. The maximum absolute atomic E-state index is 5.99. The monoisotopic (exact) mass is 592 g/mol. The van der Waals surface area contributed by atoms with Crippen LogP contribution in [0.1, 0.15) is 0 Å². The number of hydrogen-bond donors (Lipinski definition) is 2. The van der Waals surface area contributed by atoms with Crippen LogP contribution in [0.3, 0.4) is 0 Å². The molecule has 0 saturated heterocycles. The molecule has 1 aliphatic rings. The molecular weight excluding hydrogens is 544 g/mol. The number of nitrogens with zero attached hydrogens (tertiary/aromatic N) is 2. The van der Waals surface area contributed by atoms with Crippen LogP contribution in [0.4, 0.5) is 22.7 Å². The summed E-state index contributed by atoms with van der Waals surface area (Å²) < 4.78 is 46.0. The number of nitrogens with two attached hydrogens (primary N) is 2. The van der Waals surface area contributed by atoms with Crippen LogP contribution < -0.4 is 30.7 Å². The predicted molar refractivity (Wildman–Crippen MR) is 164 cm³/mol. The van der Waals surface area contributed by atoms with E-state index in [4.69, 9.17) is 49.4 Å². The summed E-state index contributed by atoms with van der Waals surface area (Å²) in [5.41, 5.74) is 15.1. The molecule has 3 rings (SSSR count). The van der Waals surface area contributed by atoms with E-state index in [-0.39, 0.29) is 0 Å². The Labute approximate surface area is 249 Å². The van der Waals surface area contributed by atoms with Crippen molar-refractivity contribution in [3.05, 3.63) is 36.4 Å². The Hall–Kier alpha value is -3.00. The highest BCUT2D eigenvalue weighted by atomic mass is 16.6. The molecule has 236 valence electrons. The summed E-state index contributed by atoms with van der Waals surface area (Å²) >= 11 is 0. The van der Waals surface area contributed by atoms with Gasteiger partial charge in [-0.25, -0.2) is 0 Å². The minimum Gasteiger partial charge on any atom is -0.489 e. The van der Waals surface area contributed by atoms with Crippen molar-refractivity contribution in [3.63, 3.8) is 0 Å². The highest BCUT2D eigenvalue weighted by Crippen LogP contribution is 2.30. The van der Waals surface area contributed by atoms with E-state index in [1.807, 2.05) is 50.5 Å². The second kappa shape index (κ2) is 20.0. The van der Waals surface area contributed by atoms with E-state index in [1.54, 1.807) is 0 Å². The highest BCUT2D eigenvalue weighted by Gasteiger charge is 2.11. The molecule has 4 N–H and O–H groups in total. The average molecular weight is 593 g/mol. The van der Waals surface area contributed by atoms with Crippen molar-refractivity contribution in [2.24, 2.45) is 0 Å². The molecule has 0 spiro atoms. The van der Waals surface area contributed by atoms with Gasteiger partial charge in [-0.2, -0.15) is 0 Å². The van der Waals surface area contributed by atoms with Crippen molar-refractivity contribution in [2.45, 2.75) is 0 Å². The van der Waals surface area contributed by atoms with Gasteiger partial charge < -0.3 is 59.2 Å².